The van der Waals surface area contributed by atoms with Crippen LogP contribution in [-0.2, 0) is 0 Å². The van der Waals surface area contributed by atoms with Gasteiger partial charge in [0.2, 0.25) is 0 Å². The molecule has 1 unspecified atom stereocenters. The van der Waals surface area contributed by atoms with Crippen LogP contribution in [0.5, 0.6) is 0 Å². The van der Waals surface area contributed by atoms with Crippen molar-refractivity contribution in [1.29, 1.82) is 0 Å². The number of piperazine rings is 1. The zero-order chi connectivity index (χ0) is 14.7. The van der Waals surface area contributed by atoms with Gasteiger partial charge in [-0.1, -0.05) is 42.5 Å². The molecule has 1 heterocycles. The maximum Gasteiger partial charge on any atom is 0.0816 e. The van der Waals surface area contributed by atoms with Gasteiger partial charge in [-0.3, -0.25) is 4.90 Å². The molecule has 0 bridgehead atoms. The Hall–Kier alpha value is -0.970. The van der Waals surface area contributed by atoms with Gasteiger partial charge in [0, 0.05) is 45.2 Å². The molecular weight excluding hydrogens is 278 g/mol. The summed E-state index contributed by atoms with van der Waals surface area (Å²) in [6, 6.07) is 10.4. The Morgan fingerprint density at radius 3 is 2.29 bits per heavy atom. The zero-order valence-electron chi connectivity index (χ0n) is 12.6. The van der Waals surface area contributed by atoms with E-state index in [1.165, 1.54) is 38.0 Å². The maximum absolute atomic E-state index is 5.98. The minimum Gasteiger partial charge on any atom is -0.393 e. The van der Waals surface area contributed by atoms with E-state index in [0.29, 0.717) is 4.99 Å². The van der Waals surface area contributed by atoms with Crippen LogP contribution in [0.1, 0.15) is 24.3 Å². The van der Waals surface area contributed by atoms with Gasteiger partial charge in [-0.15, -0.1) is 0 Å². The van der Waals surface area contributed by atoms with Crippen molar-refractivity contribution < 1.29 is 0 Å². The highest BCUT2D eigenvalue weighted by Gasteiger charge is 2.27. The summed E-state index contributed by atoms with van der Waals surface area (Å²) in [4.78, 5) is 5.74. The van der Waals surface area contributed by atoms with Crippen molar-refractivity contribution in [3.05, 3.63) is 35.9 Å². The van der Waals surface area contributed by atoms with Crippen LogP contribution in [0.3, 0.4) is 0 Å². The van der Waals surface area contributed by atoms with Crippen LogP contribution in [0.15, 0.2) is 30.3 Å². The average Bonchev–Trinajstić information content (AvgIpc) is 3.31. The third kappa shape index (κ3) is 4.25. The molecule has 2 fully saturated rings. The monoisotopic (exact) mass is 303 g/mol. The topological polar surface area (TPSA) is 32.5 Å². The fraction of sp³-hybridized carbons (Fsp3) is 0.588. The predicted molar refractivity (Wildman–Crippen MR) is 91.6 cm³/mol. The first kappa shape index (κ1) is 14.9. The number of thiocarbonyl (C=S) groups is 1. The molecule has 1 aromatic rings. The SMILES string of the molecule is NC(=S)C(CN1CCN(CC2CC2)CC1)c1ccccc1. The summed E-state index contributed by atoms with van der Waals surface area (Å²) >= 11 is 5.30. The zero-order valence-corrected chi connectivity index (χ0v) is 13.4. The van der Waals surface area contributed by atoms with Crippen LogP contribution in [0.2, 0.25) is 0 Å². The Labute approximate surface area is 133 Å². The summed E-state index contributed by atoms with van der Waals surface area (Å²) in [6.45, 7) is 6.92. The number of hydrogen-bond acceptors (Lipinski definition) is 3. The van der Waals surface area contributed by atoms with E-state index in [-0.39, 0.29) is 5.92 Å². The van der Waals surface area contributed by atoms with Gasteiger partial charge >= 0.3 is 0 Å². The van der Waals surface area contributed by atoms with Gasteiger partial charge in [0.1, 0.15) is 0 Å². The molecule has 114 valence electrons. The largest absolute Gasteiger partial charge is 0.393 e. The van der Waals surface area contributed by atoms with E-state index in [1.54, 1.807) is 0 Å². The van der Waals surface area contributed by atoms with E-state index in [1.807, 2.05) is 6.07 Å². The second-order valence-electron chi connectivity index (χ2n) is 6.41. The number of nitrogens with two attached hydrogens (primary N) is 1. The summed E-state index contributed by atoms with van der Waals surface area (Å²) < 4.78 is 0. The molecule has 1 aliphatic carbocycles. The standard InChI is InChI=1S/C17H25N3S/c18-17(21)16(15-4-2-1-3-5-15)13-20-10-8-19(9-11-20)12-14-6-7-14/h1-5,14,16H,6-13H2,(H2,18,21). The molecule has 0 amide bonds. The van der Waals surface area contributed by atoms with Crippen LogP contribution in [-0.4, -0.2) is 54.1 Å². The first-order chi connectivity index (χ1) is 10.2. The van der Waals surface area contributed by atoms with Gasteiger partial charge in [0.15, 0.2) is 0 Å². The molecule has 0 spiro atoms. The minimum absolute atomic E-state index is 0.177. The molecule has 1 aliphatic heterocycles. The highest BCUT2D eigenvalue weighted by Crippen LogP contribution is 2.30. The summed E-state index contributed by atoms with van der Waals surface area (Å²) in [5.41, 5.74) is 7.22. The number of rotatable bonds is 6. The second kappa shape index (κ2) is 6.86. The summed E-state index contributed by atoms with van der Waals surface area (Å²) in [7, 11) is 0. The summed E-state index contributed by atoms with van der Waals surface area (Å²) in [5, 5.41) is 0. The van der Waals surface area contributed by atoms with Crippen LogP contribution in [0.25, 0.3) is 0 Å². The molecule has 3 rings (SSSR count). The molecule has 1 saturated carbocycles. The molecule has 1 saturated heterocycles. The van der Waals surface area contributed by atoms with Crippen LogP contribution < -0.4 is 5.73 Å². The third-order valence-corrected chi connectivity index (χ3v) is 4.95. The van der Waals surface area contributed by atoms with Crippen molar-refractivity contribution in [3.8, 4) is 0 Å². The number of nitrogens with zero attached hydrogens (tertiary/aromatic N) is 2. The minimum atomic E-state index is 0.177. The smallest absolute Gasteiger partial charge is 0.0816 e. The Balaban J connectivity index is 1.53. The Morgan fingerprint density at radius 1 is 1.10 bits per heavy atom. The molecule has 2 aliphatic rings. The van der Waals surface area contributed by atoms with Gasteiger partial charge < -0.3 is 10.6 Å². The summed E-state index contributed by atoms with van der Waals surface area (Å²) in [5.74, 6) is 1.17. The third-order valence-electron chi connectivity index (χ3n) is 4.66. The first-order valence-electron chi connectivity index (χ1n) is 8.01. The van der Waals surface area contributed by atoms with E-state index >= 15 is 0 Å². The van der Waals surface area contributed by atoms with Gasteiger partial charge in [-0.2, -0.15) is 0 Å². The molecule has 1 aromatic carbocycles. The van der Waals surface area contributed by atoms with E-state index in [9.17, 15) is 0 Å². The van der Waals surface area contributed by atoms with Gasteiger partial charge in [0.25, 0.3) is 0 Å². The summed E-state index contributed by atoms with van der Waals surface area (Å²) in [6.07, 6.45) is 2.88. The van der Waals surface area contributed by atoms with E-state index in [4.69, 9.17) is 18.0 Å². The van der Waals surface area contributed by atoms with Crippen LogP contribution in [0.4, 0.5) is 0 Å². The molecular formula is C17H25N3S. The predicted octanol–water partition coefficient (Wildman–Crippen LogP) is 2.08. The second-order valence-corrected chi connectivity index (χ2v) is 6.88. The quantitative estimate of drug-likeness (QED) is 0.816. The molecule has 0 aromatic heterocycles. The lowest BCUT2D eigenvalue weighted by atomic mass is 9.98. The fourth-order valence-electron chi connectivity index (χ4n) is 3.12. The first-order valence-corrected chi connectivity index (χ1v) is 8.42. The lowest BCUT2D eigenvalue weighted by molar-refractivity contribution is 0.127. The van der Waals surface area contributed by atoms with E-state index in [2.05, 4.69) is 34.1 Å². The average molecular weight is 303 g/mol. The fourth-order valence-corrected chi connectivity index (χ4v) is 3.33. The Bertz CT molecular complexity index is 464. The van der Waals surface area contributed by atoms with E-state index < -0.39 is 0 Å². The molecule has 2 N–H and O–H groups in total. The van der Waals surface area contributed by atoms with Gasteiger partial charge in [-0.25, -0.2) is 0 Å². The molecule has 4 heteroatoms. The number of hydrogen-bond donors (Lipinski definition) is 1. The van der Waals surface area contributed by atoms with Gasteiger partial charge in [0.05, 0.1) is 4.99 Å². The highest BCUT2D eigenvalue weighted by atomic mass is 32.1. The lowest BCUT2D eigenvalue weighted by Crippen LogP contribution is -2.48. The lowest BCUT2D eigenvalue weighted by Gasteiger charge is -2.36. The molecule has 1 atom stereocenters. The normalized spacial score (nSPS) is 22.1. The van der Waals surface area contributed by atoms with Crippen molar-refractivity contribution in [2.24, 2.45) is 11.7 Å². The van der Waals surface area contributed by atoms with Crippen molar-refractivity contribution in [3.63, 3.8) is 0 Å². The molecule has 0 radical (unpaired) electrons. The van der Waals surface area contributed by atoms with Crippen molar-refractivity contribution in [2.45, 2.75) is 18.8 Å². The van der Waals surface area contributed by atoms with Crippen LogP contribution in [0, 0.1) is 5.92 Å². The van der Waals surface area contributed by atoms with Crippen molar-refractivity contribution >= 4 is 17.2 Å². The van der Waals surface area contributed by atoms with Gasteiger partial charge in [-0.05, 0) is 24.3 Å². The van der Waals surface area contributed by atoms with Crippen molar-refractivity contribution in [1.82, 2.24) is 9.80 Å². The Kier molecular flexibility index (Phi) is 4.88. The highest BCUT2D eigenvalue weighted by molar-refractivity contribution is 7.80. The van der Waals surface area contributed by atoms with Crippen molar-refractivity contribution in [2.75, 3.05) is 39.3 Å². The Morgan fingerprint density at radius 2 is 1.71 bits per heavy atom. The van der Waals surface area contributed by atoms with E-state index in [0.717, 1.165) is 25.6 Å². The van der Waals surface area contributed by atoms with Crippen LogP contribution >= 0.6 is 12.2 Å². The number of benzene rings is 1. The maximum atomic E-state index is 5.98. The molecule has 3 nitrogen and oxygen atoms in total. The molecule has 21 heavy (non-hydrogen) atoms.